The fraction of sp³-hybridized carbons (Fsp3) is 0.333. The van der Waals surface area contributed by atoms with E-state index in [0.717, 1.165) is 29.0 Å². The maximum Gasteiger partial charge on any atom is 0.119 e. The van der Waals surface area contributed by atoms with Gasteiger partial charge in [-0.05, 0) is 48.7 Å². The van der Waals surface area contributed by atoms with E-state index in [9.17, 15) is 5.11 Å². The van der Waals surface area contributed by atoms with Gasteiger partial charge in [-0.15, -0.1) is 0 Å². The normalized spacial score (nSPS) is 12.0. The molecule has 3 nitrogen and oxygen atoms in total. The molecular weight excluding hydrogens is 264 g/mol. The number of hydrogen-bond donors (Lipinski definition) is 1. The first-order valence-electron chi connectivity index (χ1n) is 7.38. The van der Waals surface area contributed by atoms with Crippen LogP contribution in [-0.4, -0.2) is 18.3 Å². The molecule has 0 saturated heterocycles. The van der Waals surface area contributed by atoms with E-state index < -0.39 is 6.10 Å². The maximum absolute atomic E-state index is 10.5. The molecule has 3 heteroatoms. The van der Waals surface area contributed by atoms with Crippen molar-refractivity contribution < 1.29 is 14.6 Å². The maximum atomic E-state index is 10.5. The molecule has 21 heavy (non-hydrogen) atoms. The van der Waals surface area contributed by atoms with Crippen LogP contribution in [0, 0.1) is 0 Å². The molecule has 1 unspecified atom stereocenters. The number of hydrogen-bond acceptors (Lipinski definition) is 3. The van der Waals surface area contributed by atoms with Crippen LogP contribution in [0.5, 0.6) is 11.5 Å². The molecule has 1 atom stereocenters. The Kier molecular flexibility index (Phi) is 5.64. The number of ether oxygens (including phenoxy) is 2. The Morgan fingerprint density at radius 1 is 0.905 bits per heavy atom. The lowest BCUT2D eigenvalue weighted by Gasteiger charge is -2.14. The van der Waals surface area contributed by atoms with Gasteiger partial charge in [-0.2, -0.15) is 0 Å². The average molecular weight is 286 g/mol. The molecule has 0 spiro atoms. The highest BCUT2D eigenvalue weighted by Crippen LogP contribution is 2.26. The van der Waals surface area contributed by atoms with Crippen molar-refractivity contribution in [2.45, 2.75) is 26.4 Å². The Balaban J connectivity index is 2.11. The molecule has 112 valence electrons. The van der Waals surface area contributed by atoms with E-state index in [-0.39, 0.29) is 0 Å². The lowest BCUT2D eigenvalue weighted by Crippen LogP contribution is -2.01. The summed E-state index contributed by atoms with van der Waals surface area (Å²) in [6.45, 7) is 5.34. The van der Waals surface area contributed by atoms with Crippen molar-refractivity contribution >= 4 is 0 Å². The topological polar surface area (TPSA) is 38.7 Å². The van der Waals surface area contributed by atoms with Gasteiger partial charge in [0.15, 0.2) is 0 Å². The van der Waals surface area contributed by atoms with Crippen LogP contribution < -0.4 is 9.47 Å². The Hall–Kier alpha value is -2.00. The van der Waals surface area contributed by atoms with E-state index in [1.54, 1.807) is 0 Å². The Labute approximate surface area is 126 Å². The Morgan fingerprint density at radius 3 is 2.33 bits per heavy atom. The lowest BCUT2D eigenvalue weighted by molar-refractivity contribution is 0.219. The molecule has 0 aliphatic rings. The van der Waals surface area contributed by atoms with Gasteiger partial charge in [0, 0.05) is 0 Å². The highest BCUT2D eigenvalue weighted by Gasteiger charge is 2.11. The third-order valence-electron chi connectivity index (χ3n) is 3.15. The van der Waals surface area contributed by atoms with Crippen molar-refractivity contribution in [2.75, 3.05) is 13.2 Å². The standard InChI is InChI=1S/C18H22O3/c1-3-12-21-16-10-8-14(9-11-16)18(19)15-6-5-7-17(13-15)20-4-2/h5-11,13,18-19H,3-4,12H2,1-2H3. The molecule has 1 N–H and O–H groups in total. The Bertz CT molecular complexity index is 549. The lowest BCUT2D eigenvalue weighted by atomic mass is 10.0. The summed E-state index contributed by atoms with van der Waals surface area (Å²) in [7, 11) is 0. The number of aliphatic hydroxyl groups is 1. The molecule has 0 aromatic heterocycles. The van der Waals surface area contributed by atoms with Crippen molar-refractivity contribution in [3.8, 4) is 11.5 Å². The molecule has 2 rings (SSSR count). The van der Waals surface area contributed by atoms with Crippen LogP contribution in [0.25, 0.3) is 0 Å². The van der Waals surface area contributed by atoms with Crippen LogP contribution in [0.3, 0.4) is 0 Å². The van der Waals surface area contributed by atoms with Crippen molar-refractivity contribution in [3.63, 3.8) is 0 Å². The van der Waals surface area contributed by atoms with Gasteiger partial charge >= 0.3 is 0 Å². The van der Waals surface area contributed by atoms with Gasteiger partial charge in [0.1, 0.15) is 17.6 Å². The third-order valence-corrected chi connectivity index (χ3v) is 3.15. The first-order chi connectivity index (χ1) is 10.2. The van der Waals surface area contributed by atoms with Gasteiger partial charge in [0.25, 0.3) is 0 Å². The monoisotopic (exact) mass is 286 g/mol. The van der Waals surface area contributed by atoms with Gasteiger partial charge < -0.3 is 14.6 Å². The molecule has 0 radical (unpaired) electrons. The Morgan fingerprint density at radius 2 is 1.67 bits per heavy atom. The first-order valence-corrected chi connectivity index (χ1v) is 7.38. The molecule has 0 amide bonds. The molecule has 0 heterocycles. The van der Waals surface area contributed by atoms with Crippen LogP contribution in [0.1, 0.15) is 37.5 Å². The zero-order chi connectivity index (χ0) is 15.1. The first kappa shape index (κ1) is 15.4. The highest BCUT2D eigenvalue weighted by atomic mass is 16.5. The summed E-state index contributed by atoms with van der Waals surface area (Å²) >= 11 is 0. The molecule has 2 aromatic rings. The molecule has 0 fully saturated rings. The van der Waals surface area contributed by atoms with Gasteiger partial charge in [-0.1, -0.05) is 31.2 Å². The second-order valence-corrected chi connectivity index (χ2v) is 4.83. The van der Waals surface area contributed by atoms with Crippen LogP contribution in [0.15, 0.2) is 48.5 Å². The van der Waals surface area contributed by atoms with Crippen molar-refractivity contribution in [1.29, 1.82) is 0 Å². The summed E-state index contributed by atoms with van der Waals surface area (Å²) in [6.07, 6.45) is 0.319. The third kappa shape index (κ3) is 4.23. The van der Waals surface area contributed by atoms with Crippen LogP contribution in [-0.2, 0) is 0 Å². The van der Waals surface area contributed by atoms with Crippen molar-refractivity contribution in [1.82, 2.24) is 0 Å². The molecule has 0 saturated carbocycles. The second kappa shape index (κ2) is 7.70. The summed E-state index contributed by atoms with van der Waals surface area (Å²) in [5, 5.41) is 10.5. The van der Waals surface area contributed by atoms with E-state index in [2.05, 4.69) is 6.92 Å². The fourth-order valence-electron chi connectivity index (χ4n) is 2.10. The van der Waals surface area contributed by atoms with Crippen molar-refractivity contribution in [3.05, 3.63) is 59.7 Å². The molecule has 0 bridgehead atoms. The van der Waals surface area contributed by atoms with E-state index >= 15 is 0 Å². The van der Waals surface area contributed by atoms with Gasteiger partial charge in [-0.3, -0.25) is 0 Å². The zero-order valence-corrected chi connectivity index (χ0v) is 12.6. The number of benzene rings is 2. The zero-order valence-electron chi connectivity index (χ0n) is 12.6. The van der Waals surface area contributed by atoms with Gasteiger partial charge in [0.2, 0.25) is 0 Å². The minimum Gasteiger partial charge on any atom is -0.494 e. The highest BCUT2D eigenvalue weighted by molar-refractivity contribution is 5.37. The predicted octanol–water partition coefficient (Wildman–Crippen LogP) is 3.96. The van der Waals surface area contributed by atoms with Crippen LogP contribution in [0.2, 0.25) is 0 Å². The molecule has 0 aliphatic carbocycles. The predicted molar refractivity (Wildman–Crippen MR) is 83.9 cm³/mol. The smallest absolute Gasteiger partial charge is 0.119 e. The fourth-order valence-corrected chi connectivity index (χ4v) is 2.10. The minimum atomic E-state index is -0.661. The largest absolute Gasteiger partial charge is 0.494 e. The summed E-state index contributed by atoms with van der Waals surface area (Å²) < 4.78 is 11.0. The molecule has 0 aliphatic heterocycles. The minimum absolute atomic E-state index is 0.614. The van der Waals surface area contributed by atoms with Crippen molar-refractivity contribution in [2.24, 2.45) is 0 Å². The van der Waals surface area contributed by atoms with Gasteiger partial charge in [0.05, 0.1) is 13.2 Å². The SMILES string of the molecule is CCCOc1ccc(C(O)c2cccc(OCC)c2)cc1. The molecular formula is C18H22O3. The van der Waals surface area contributed by atoms with Crippen LogP contribution in [0.4, 0.5) is 0 Å². The molecule has 2 aromatic carbocycles. The second-order valence-electron chi connectivity index (χ2n) is 4.83. The number of rotatable bonds is 7. The summed E-state index contributed by atoms with van der Waals surface area (Å²) in [6, 6.07) is 15.1. The number of aliphatic hydroxyl groups excluding tert-OH is 1. The van der Waals surface area contributed by atoms with E-state index in [1.165, 1.54) is 0 Å². The summed E-state index contributed by atoms with van der Waals surface area (Å²) in [4.78, 5) is 0. The summed E-state index contributed by atoms with van der Waals surface area (Å²) in [5.74, 6) is 1.60. The average Bonchev–Trinajstić information content (AvgIpc) is 2.53. The van der Waals surface area contributed by atoms with Crippen LogP contribution >= 0.6 is 0 Å². The van der Waals surface area contributed by atoms with E-state index in [4.69, 9.17) is 9.47 Å². The van der Waals surface area contributed by atoms with E-state index in [1.807, 2.05) is 55.5 Å². The van der Waals surface area contributed by atoms with E-state index in [0.29, 0.717) is 13.2 Å². The summed E-state index contributed by atoms with van der Waals surface area (Å²) in [5.41, 5.74) is 1.66. The van der Waals surface area contributed by atoms with Gasteiger partial charge in [-0.25, -0.2) is 0 Å². The quantitative estimate of drug-likeness (QED) is 0.837.